The molecule has 0 spiro atoms. The van der Waals surface area contributed by atoms with Gasteiger partial charge in [0, 0.05) is 13.2 Å². The topological polar surface area (TPSA) is 85.4 Å². The maximum absolute atomic E-state index is 15.0. The van der Waals surface area contributed by atoms with Crippen LogP contribution >= 0.6 is 11.6 Å². The van der Waals surface area contributed by atoms with Crippen LogP contribution in [0.5, 0.6) is 0 Å². The number of anilines is 1. The number of aromatic nitrogens is 1. The Morgan fingerprint density at radius 1 is 1.36 bits per heavy atom. The number of benzene rings is 1. The van der Waals surface area contributed by atoms with Crippen LogP contribution < -0.4 is 10.0 Å². The minimum Gasteiger partial charge on any atom is -0.364 e. The fraction of sp³-hybridized carbons (Fsp3) is 0.312. The molecule has 0 aliphatic carbocycles. The summed E-state index contributed by atoms with van der Waals surface area (Å²) in [6.45, 7) is 1.52. The number of nitrogens with zero attached hydrogens (tertiary/aromatic N) is 2. The van der Waals surface area contributed by atoms with Gasteiger partial charge in [-0.25, -0.2) is 30.3 Å². The third-order valence-corrected chi connectivity index (χ3v) is 6.41. The Balaban J connectivity index is 2.89. The number of halogens is 5. The molecule has 0 aliphatic heterocycles. The zero-order valence-electron chi connectivity index (χ0n) is 14.9. The first-order valence-electron chi connectivity index (χ1n) is 7.66. The summed E-state index contributed by atoms with van der Waals surface area (Å²) in [5.74, 6) is -6.17. The number of hydrogen-bond acceptors (Lipinski definition) is 3. The van der Waals surface area contributed by atoms with Crippen molar-refractivity contribution in [2.75, 3.05) is 4.31 Å². The van der Waals surface area contributed by atoms with E-state index in [0.29, 0.717) is 6.92 Å². The molecule has 1 amide bonds. The van der Waals surface area contributed by atoms with Gasteiger partial charge in [-0.15, -0.1) is 0 Å². The third kappa shape index (κ3) is 3.44. The van der Waals surface area contributed by atoms with Gasteiger partial charge in [-0.2, -0.15) is 0 Å². The van der Waals surface area contributed by atoms with Crippen molar-refractivity contribution in [3.63, 3.8) is 0 Å². The highest BCUT2D eigenvalue weighted by Crippen LogP contribution is 2.41. The van der Waals surface area contributed by atoms with E-state index in [2.05, 4.69) is 0 Å². The molecule has 28 heavy (non-hydrogen) atoms. The van der Waals surface area contributed by atoms with Crippen LogP contribution in [-0.2, 0) is 17.1 Å². The predicted octanol–water partition coefficient (Wildman–Crippen LogP) is 3.37. The van der Waals surface area contributed by atoms with Gasteiger partial charge in [0.05, 0.1) is 10.7 Å². The minimum absolute atomic E-state index is 0.115. The summed E-state index contributed by atoms with van der Waals surface area (Å²) in [6.07, 6.45) is -3.03. The number of carbonyl (C=O) groups is 1. The van der Waals surface area contributed by atoms with Crippen LogP contribution in [0.2, 0.25) is 5.02 Å². The molecule has 0 radical (unpaired) electrons. The summed E-state index contributed by atoms with van der Waals surface area (Å²) < 4.78 is 83.2. The Morgan fingerprint density at radius 2 is 1.93 bits per heavy atom. The summed E-state index contributed by atoms with van der Waals surface area (Å²) in [6, 6.07) is 3.23. The zero-order valence-corrected chi connectivity index (χ0v) is 16.5. The van der Waals surface area contributed by atoms with Crippen LogP contribution in [0.15, 0.2) is 29.3 Å². The molecule has 1 heterocycles. The van der Waals surface area contributed by atoms with Gasteiger partial charge in [-0.3, -0.25) is 4.79 Å². The molecule has 0 bridgehead atoms. The van der Waals surface area contributed by atoms with Gasteiger partial charge in [-0.1, -0.05) is 23.7 Å². The van der Waals surface area contributed by atoms with Gasteiger partial charge < -0.3 is 10.3 Å². The fourth-order valence-corrected chi connectivity index (χ4v) is 5.07. The average molecular weight is 442 g/mol. The van der Waals surface area contributed by atoms with Crippen molar-refractivity contribution in [1.29, 1.82) is 0 Å². The second-order valence-corrected chi connectivity index (χ2v) is 8.26. The molecule has 2 rings (SSSR count). The van der Waals surface area contributed by atoms with Gasteiger partial charge >= 0.3 is 0 Å². The van der Waals surface area contributed by atoms with Gasteiger partial charge in [0.1, 0.15) is 16.4 Å². The molecule has 0 unspecified atom stereocenters. The number of aryl methyl sites for hydroxylation is 2. The van der Waals surface area contributed by atoms with E-state index in [0.717, 1.165) is 16.8 Å². The van der Waals surface area contributed by atoms with Gasteiger partial charge in [0.25, 0.3) is 28.1 Å². The first-order chi connectivity index (χ1) is 12.7. The SMILES string of the molecule is Cc1cccc(F)c1N([C@](C)(F)C(F)F)S(=O)(=O)c1cn(C)c(C(N)=O)c1Cl. The molecule has 6 nitrogen and oxygen atoms in total. The quantitative estimate of drug-likeness (QED) is 0.551. The largest absolute Gasteiger partial charge is 0.364 e. The molecule has 1 aromatic carbocycles. The fourth-order valence-electron chi connectivity index (χ4n) is 2.67. The van der Waals surface area contributed by atoms with E-state index in [1.807, 2.05) is 0 Å². The Kier molecular flexibility index (Phi) is 5.73. The van der Waals surface area contributed by atoms with Crippen molar-refractivity contribution in [2.24, 2.45) is 12.8 Å². The van der Waals surface area contributed by atoms with Gasteiger partial charge in [0.15, 0.2) is 0 Å². The maximum atomic E-state index is 15.0. The first-order valence-corrected chi connectivity index (χ1v) is 9.48. The van der Waals surface area contributed by atoms with E-state index in [1.54, 1.807) is 0 Å². The number of para-hydroxylation sites is 1. The van der Waals surface area contributed by atoms with Crippen molar-refractivity contribution in [3.05, 3.63) is 46.5 Å². The number of rotatable bonds is 6. The maximum Gasteiger partial charge on any atom is 0.291 e. The molecule has 2 N–H and O–H groups in total. The van der Waals surface area contributed by atoms with E-state index >= 15 is 0 Å². The molecular weight excluding hydrogens is 426 g/mol. The number of amides is 1. The van der Waals surface area contributed by atoms with Crippen molar-refractivity contribution in [2.45, 2.75) is 31.0 Å². The van der Waals surface area contributed by atoms with Gasteiger partial charge in [0.2, 0.25) is 0 Å². The number of nitrogens with two attached hydrogens (primary N) is 1. The highest BCUT2D eigenvalue weighted by atomic mass is 35.5. The van der Waals surface area contributed by atoms with Crippen LogP contribution in [0.25, 0.3) is 0 Å². The molecule has 0 aliphatic rings. The predicted molar refractivity (Wildman–Crippen MR) is 95.3 cm³/mol. The molecule has 1 aromatic heterocycles. The molecular formula is C16H16ClF4N3O3S. The third-order valence-electron chi connectivity index (χ3n) is 4.03. The van der Waals surface area contributed by atoms with Crippen LogP contribution in [-0.4, -0.2) is 31.1 Å². The van der Waals surface area contributed by atoms with E-state index in [1.165, 1.54) is 26.1 Å². The average Bonchev–Trinajstić information content (AvgIpc) is 2.85. The van der Waals surface area contributed by atoms with Gasteiger partial charge in [-0.05, 0) is 25.5 Å². The van der Waals surface area contributed by atoms with Crippen LogP contribution in [0.1, 0.15) is 23.0 Å². The van der Waals surface area contributed by atoms with E-state index in [4.69, 9.17) is 17.3 Å². The number of hydrogen-bond donors (Lipinski definition) is 1. The van der Waals surface area contributed by atoms with Crippen molar-refractivity contribution in [3.8, 4) is 0 Å². The van der Waals surface area contributed by atoms with Crippen LogP contribution in [0.3, 0.4) is 0 Å². The number of sulfonamides is 1. The monoisotopic (exact) mass is 441 g/mol. The van der Waals surface area contributed by atoms with E-state index in [9.17, 15) is 30.8 Å². The smallest absolute Gasteiger partial charge is 0.291 e. The van der Waals surface area contributed by atoms with E-state index < -0.39 is 55.3 Å². The van der Waals surface area contributed by atoms with E-state index in [-0.39, 0.29) is 9.87 Å². The lowest BCUT2D eigenvalue weighted by atomic mass is 10.1. The highest BCUT2D eigenvalue weighted by molar-refractivity contribution is 7.93. The Bertz CT molecular complexity index is 1020. The molecule has 2 aromatic rings. The summed E-state index contributed by atoms with van der Waals surface area (Å²) >= 11 is 5.92. The summed E-state index contributed by atoms with van der Waals surface area (Å²) in [7, 11) is -3.96. The Labute approximate surface area is 163 Å². The number of primary amides is 1. The van der Waals surface area contributed by atoms with Crippen molar-refractivity contribution in [1.82, 2.24) is 4.57 Å². The molecule has 0 fully saturated rings. The van der Waals surface area contributed by atoms with Crippen LogP contribution in [0.4, 0.5) is 23.2 Å². The summed E-state index contributed by atoms with van der Waals surface area (Å²) in [5, 5.41) is -0.695. The summed E-state index contributed by atoms with van der Waals surface area (Å²) in [4.78, 5) is 10.6. The second kappa shape index (κ2) is 7.28. The lowest BCUT2D eigenvalue weighted by molar-refractivity contribution is -0.0138. The highest BCUT2D eigenvalue weighted by Gasteiger charge is 2.50. The van der Waals surface area contributed by atoms with Crippen molar-refractivity contribution < 1.29 is 30.8 Å². The lowest BCUT2D eigenvalue weighted by Crippen LogP contribution is -2.52. The molecule has 0 saturated heterocycles. The normalized spacial score (nSPS) is 14.2. The Hall–Kier alpha value is -2.27. The zero-order chi connectivity index (χ0) is 21.6. The second-order valence-electron chi connectivity index (χ2n) is 6.13. The molecule has 154 valence electrons. The van der Waals surface area contributed by atoms with Crippen molar-refractivity contribution >= 4 is 33.2 Å². The molecule has 12 heteroatoms. The minimum atomic E-state index is -5.19. The standard InChI is InChI=1S/C16H16ClF4N3O3S/c1-8-5-4-6-9(18)12(8)24(16(2,21)15(19)20)28(26,27)10-7-23(3)13(11(10)17)14(22)25/h4-7,15H,1-3H3,(H2,22,25)/t16-/m0/s1. The first kappa shape index (κ1) is 22.0. The number of alkyl halides is 3. The summed E-state index contributed by atoms with van der Waals surface area (Å²) in [5.41, 5.74) is 3.67. The van der Waals surface area contributed by atoms with Crippen LogP contribution in [0, 0.1) is 12.7 Å². The Morgan fingerprint density at radius 3 is 2.36 bits per heavy atom. The molecule has 0 saturated carbocycles. The number of carbonyl (C=O) groups excluding carboxylic acids is 1. The molecule has 1 atom stereocenters. The lowest BCUT2D eigenvalue weighted by Gasteiger charge is -2.35.